The summed E-state index contributed by atoms with van der Waals surface area (Å²) in [6.07, 6.45) is 2.75. The number of anilines is 2. The number of carbonyl (C=O) groups is 3. The largest absolute Gasteiger partial charge is 0.462 e. The first-order valence-electron chi connectivity index (χ1n) is 11.8. The summed E-state index contributed by atoms with van der Waals surface area (Å²) in [5.41, 5.74) is 7.85. The van der Waals surface area contributed by atoms with E-state index in [2.05, 4.69) is 4.90 Å². The average molecular weight is 462 g/mol. The van der Waals surface area contributed by atoms with Gasteiger partial charge in [-0.2, -0.15) is 0 Å². The van der Waals surface area contributed by atoms with Crippen molar-refractivity contribution < 1.29 is 28.6 Å². The topological polar surface area (TPSA) is 111 Å². The number of hydrogen-bond acceptors (Lipinski definition) is 9. The minimum Gasteiger partial charge on any atom is -0.462 e. The zero-order valence-corrected chi connectivity index (χ0v) is 19.8. The van der Waals surface area contributed by atoms with Gasteiger partial charge in [0.25, 0.3) is 0 Å². The molecular formula is C24H35N3O6. The second-order valence-corrected chi connectivity index (χ2v) is 8.42. The Kier molecular flexibility index (Phi) is 8.55. The summed E-state index contributed by atoms with van der Waals surface area (Å²) in [5, 5.41) is 0. The summed E-state index contributed by atoms with van der Waals surface area (Å²) in [5.74, 6) is -1.38. The molecule has 0 spiro atoms. The van der Waals surface area contributed by atoms with Gasteiger partial charge in [0.1, 0.15) is 6.10 Å². The van der Waals surface area contributed by atoms with Crippen molar-refractivity contribution in [1.82, 2.24) is 0 Å². The van der Waals surface area contributed by atoms with Gasteiger partial charge in [-0.05, 0) is 38.8 Å². The van der Waals surface area contributed by atoms with Gasteiger partial charge < -0.3 is 29.7 Å². The van der Waals surface area contributed by atoms with Gasteiger partial charge in [0, 0.05) is 52.0 Å². The van der Waals surface area contributed by atoms with Crippen LogP contribution in [-0.2, 0) is 19.0 Å². The van der Waals surface area contributed by atoms with Gasteiger partial charge in [-0.25, -0.2) is 9.59 Å². The molecule has 2 fully saturated rings. The van der Waals surface area contributed by atoms with Crippen molar-refractivity contribution in [1.29, 1.82) is 0 Å². The van der Waals surface area contributed by atoms with Gasteiger partial charge in [0.15, 0.2) is 0 Å². The predicted octanol–water partition coefficient (Wildman–Crippen LogP) is 2.50. The maximum absolute atomic E-state index is 13.2. The van der Waals surface area contributed by atoms with E-state index in [1.54, 1.807) is 13.8 Å². The number of ether oxygens (including phenoxy) is 3. The van der Waals surface area contributed by atoms with Crippen LogP contribution < -0.4 is 15.5 Å². The van der Waals surface area contributed by atoms with Crippen LogP contribution >= 0.6 is 0 Å². The number of nitrogens with two attached hydrogens (primary N) is 1. The van der Waals surface area contributed by atoms with Crippen LogP contribution in [0.25, 0.3) is 0 Å². The molecule has 0 bridgehead atoms. The van der Waals surface area contributed by atoms with E-state index in [-0.39, 0.29) is 42.5 Å². The van der Waals surface area contributed by atoms with E-state index in [0.717, 1.165) is 12.8 Å². The Hall–Kier alpha value is -2.81. The Bertz CT molecular complexity index is 858. The number of piperidine rings is 2. The van der Waals surface area contributed by atoms with Gasteiger partial charge in [-0.3, -0.25) is 4.79 Å². The van der Waals surface area contributed by atoms with Gasteiger partial charge >= 0.3 is 17.9 Å². The van der Waals surface area contributed by atoms with E-state index >= 15 is 0 Å². The highest BCUT2D eigenvalue weighted by atomic mass is 16.5. The molecule has 0 atom stereocenters. The summed E-state index contributed by atoms with van der Waals surface area (Å²) in [4.78, 5) is 41.8. The monoisotopic (exact) mass is 461 g/mol. The number of carbonyl (C=O) groups excluding carboxylic acids is 3. The smallest absolute Gasteiger partial charge is 0.341 e. The van der Waals surface area contributed by atoms with Gasteiger partial charge in [-0.15, -0.1) is 0 Å². The zero-order chi connectivity index (χ0) is 24.0. The fourth-order valence-electron chi connectivity index (χ4n) is 4.52. The molecule has 1 aromatic carbocycles. The third kappa shape index (κ3) is 5.96. The van der Waals surface area contributed by atoms with Gasteiger partial charge in [0.2, 0.25) is 0 Å². The summed E-state index contributed by atoms with van der Waals surface area (Å²) >= 11 is 0. The fourth-order valence-corrected chi connectivity index (χ4v) is 4.52. The van der Waals surface area contributed by atoms with Gasteiger partial charge in [-0.1, -0.05) is 0 Å². The molecule has 0 unspecified atom stereocenters. The van der Waals surface area contributed by atoms with Gasteiger partial charge in [0.05, 0.1) is 35.7 Å². The van der Waals surface area contributed by atoms with E-state index in [1.807, 2.05) is 17.0 Å². The molecule has 2 aliphatic heterocycles. The highest BCUT2D eigenvalue weighted by Gasteiger charge is 2.33. The molecular weight excluding hydrogens is 426 g/mol. The molecule has 9 nitrogen and oxygen atoms in total. The maximum atomic E-state index is 13.2. The first-order valence-corrected chi connectivity index (χ1v) is 11.8. The second-order valence-electron chi connectivity index (χ2n) is 8.42. The van der Waals surface area contributed by atoms with Crippen molar-refractivity contribution in [2.75, 3.05) is 49.2 Å². The maximum Gasteiger partial charge on any atom is 0.341 e. The summed E-state index contributed by atoms with van der Waals surface area (Å²) in [7, 11) is 0. The molecule has 2 N–H and O–H groups in total. The molecule has 0 aromatic heterocycles. The standard InChI is InChI=1S/C24H35N3O6/c1-4-31-23(29)21-19(26-12-8-17(25)9-13-26)6-7-20(22(21)24(30)32-5-2)27-14-10-18(11-15-27)33-16(3)28/h6-7,17-18H,4-5,8-15,25H2,1-3H3. The lowest BCUT2D eigenvalue weighted by Gasteiger charge is -2.36. The minimum atomic E-state index is -0.548. The second kappa shape index (κ2) is 11.4. The lowest BCUT2D eigenvalue weighted by Crippen LogP contribution is -2.41. The van der Waals surface area contributed by atoms with Crippen molar-refractivity contribution in [3.63, 3.8) is 0 Å². The predicted molar refractivity (Wildman–Crippen MR) is 125 cm³/mol. The fraction of sp³-hybridized carbons (Fsp3) is 0.625. The molecule has 0 radical (unpaired) electrons. The highest BCUT2D eigenvalue weighted by molar-refractivity contribution is 6.11. The van der Waals surface area contributed by atoms with E-state index in [4.69, 9.17) is 19.9 Å². The van der Waals surface area contributed by atoms with Crippen LogP contribution in [0.3, 0.4) is 0 Å². The Morgan fingerprint density at radius 1 is 0.848 bits per heavy atom. The summed E-state index contributed by atoms with van der Waals surface area (Å²) < 4.78 is 16.1. The number of benzene rings is 1. The van der Waals surface area contributed by atoms with Crippen LogP contribution in [0.4, 0.5) is 11.4 Å². The number of rotatable bonds is 7. The molecule has 2 aliphatic rings. The molecule has 0 aliphatic carbocycles. The van der Waals surface area contributed by atoms with Crippen LogP contribution in [0.2, 0.25) is 0 Å². The van der Waals surface area contributed by atoms with Crippen molar-refractivity contribution in [2.45, 2.75) is 58.6 Å². The molecule has 2 saturated heterocycles. The van der Waals surface area contributed by atoms with E-state index in [0.29, 0.717) is 50.4 Å². The minimum absolute atomic E-state index is 0.134. The molecule has 9 heteroatoms. The van der Waals surface area contributed by atoms with Crippen LogP contribution in [0, 0.1) is 0 Å². The molecule has 2 heterocycles. The average Bonchev–Trinajstić information content (AvgIpc) is 2.79. The molecule has 1 aromatic rings. The molecule has 0 amide bonds. The van der Waals surface area contributed by atoms with Crippen LogP contribution in [0.5, 0.6) is 0 Å². The Labute approximate surface area is 195 Å². The number of hydrogen-bond donors (Lipinski definition) is 1. The lowest BCUT2D eigenvalue weighted by molar-refractivity contribution is -0.147. The van der Waals surface area contributed by atoms with Crippen molar-refractivity contribution in [2.24, 2.45) is 5.73 Å². The molecule has 3 rings (SSSR count). The number of nitrogens with zero attached hydrogens (tertiary/aromatic N) is 2. The third-order valence-corrected chi connectivity index (χ3v) is 6.12. The van der Waals surface area contributed by atoms with Crippen molar-refractivity contribution >= 4 is 29.3 Å². The number of esters is 3. The quantitative estimate of drug-likeness (QED) is 0.483. The third-order valence-electron chi connectivity index (χ3n) is 6.12. The Balaban J connectivity index is 2.02. The van der Waals surface area contributed by atoms with E-state index in [9.17, 15) is 14.4 Å². The molecule has 0 saturated carbocycles. The first-order chi connectivity index (χ1) is 15.8. The van der Waals surface area contributed by atoms with Crippen LogP contribution in [-0.4, -0.2) is 69.4 Å². The van der Waals surface area contributed by atoms with Crippen LogP contribution in [0.1, 0.15) is 67.2 Å². The Morgan fingerprint density at radius 3 is 1.67 bits per heavy atom. The summed E-state index contributed by atoms with van der Waals surface area (Å²) in [6, 6.07) is 3.90. The van der Waals surface area contributed by atoms with Crippen LogP contribution in [0.15, 0.2) is 12.1 Å². The normalized spacial score (nSPS) is 17.6. The molecule has 33 heavy (non-hydrogen) atoms. The van der Waals surface area contributed by atoms with E-state index in [1.165, 1.54) is 6.92 Å². The Morgan fingerprint density at radius 2 is 1.27 bits per heavy atom. The van der Waals surface area contributed by atoms with E-state index < -0.39 is 11.9 Å². The first kappa shape index (κ1) is 24.8. The SMILES string of the molecule is CCOC(=O)c1c(N2CCC(N)CC2)ccc(N2CCC(OC(C)=O)CC2)c1C(=O)OCC. The summed E-state index contributed by atoms with van der Waals surface area (Å²) in [6.45, 7) is 7.85. The molecule has 182 valence electrons. The highest BCUT2D eigenvalue weighted by Crippen LogP contribution is 2.36. The van der Waals surface area contributed by atoms with Crippen molar-refractivity contribution in [3.8, 4) is 0 Å². The van der Waals surface area contributed by atoms with Crippen molar-refractivity contribution in [3.05, 3.63) is 23.3 Å². The zero-order valence-electron chi connectivity index (χ0n) is 19.8. The lowest BCUT2D eigenvalue weighted by atomic mass is 9.97.